The number of rotatable bonds is 6. The molecule has 0 heterocycles. The number of nitrogens with zero attached hydrogens (tertiary/aromatic N) is 1. The van der Waals surface area contributed by atoms with Crippen LogP contribution in [0.15, 0.2) is 0 Å². The van der Waals surface area contributed by atoms with Crippen molar-refractivity contribution in [3.63, 3.8) is 0 Å². The zero-order valence-corrected chi connectivity index (χ0v) is 11.5. The second-order valence-electron chi connectivity index (χ2n) is 5.17. The Hall–Kier alpha value is -1.63. The molecule has 0 unspecified atom stereocenters. The monoisotopic (exact) mass is 271 g/mol. The van der Waals surface area contributed by atoms with Crippen LogP contribution in [0.5, 0.6) is 0 Å². The molecule has 1 aliphatic carbocycles. The number of nitrogens with one attached hydrogen (secondary N) is 2. The van der Waals surface area contributed by atoms with Gasteiger partial charge in [-0.2, -0.15) is 0 Å². The summed E-state index contributed by atoms with van der Waals surface area (Å²) in [4.78, 5) is 35.7. The van der Waals surface area contributed by atoms with Gasteiger partial charge in [0.2, 0.25) is 5.91 Å². The number of carboxylic acid groups (broad SMARTS) is 1. The van der Waals surface area contributed by atoms with Gasteiger partial charge in [-0.25, -0.2) is 4.79 Å². The summed E-state index contributed by atoms with van der Waals surface area (Å²) in [6.07, 6.45) is 1.88. The van der Waals surface area contributed by atoms with Crippen LogP contribution in [0, 0.1) is 0 Å². The predicted molar refractivity (Wildman–Crippen MR) is 68.7 cm³/mol. The summed E-state index contributed by atoms with van der Waals surface area (Å²) in [6.45, 7) is 5.08. The SMILES string of the molecule is CCN(CC(=O)NC(=O)NC1CC1)C(C)(C)C(=O)O. The lowest BCUT2D eigenvalue weighted by molar-refractivity contribution is -0.149. The van der Waals surface area contributed by atoms with Crippen molar-refractivity contribution in [3.05, 3.63) is 0 Å². The Balaban J connectivity index is 2.48. The van der Waals surface area contributed by atoms with Crippen molar-refractivity contribution in [1.29, 1.82) is 0 Å². The standard InChI is InChI=1S/C12H21N3O4/c1-4-15(12(2,3)10(17)18)7-9(16)14-11(19)13-8-5-6-8/h8H,4-7H2,1-3H3,(H,17,18)(H2,13,14,16,19). The maximum absolute atomic E-state index is 11.7. The molecular formula is C12H21N3O4. The predicted octanol–water partition coefficient (Wildman–Crippen LogP) is 0.160. The summed E-state index contributed by atoms with van der Waals surface area (Å²) in [6, 6.07) is -0.345. The number of amides is 3. The Morgan fingerprint density at radius 3 is 2.32 bits per heavy atom. The van der Waals surface area contributed by atoms with Crippen LogP contribution in [-0.2, 0) is 9.59 Å². The molecule has 19 heavy (non-hydrogen) atoms. The van der Waals surface area contributed by atoms with Crippen molar-refractivity contribution in [2.75, 3.05) is 13.1 Å². The molecular weight excluding hydrogens is 250 g/mol. The molecule has 0 aliphatic heterocycles. The average molecular weight is 271 g/mol. The van der Waals surface area contributed by atoms with E-state index in [9.17, 15) is 14.4 Å². The Morgan fingerprint density at radius 1 is 1.32 bits per heavy atom. The van der Waals surface area contributed by atoms with E-state index in [0.717, 1.165) is 12.8 Å². The van der Waals surface area contributed by atoms with Crippen molar-refractivity contribution in [1.82, 2.24) is 15.5 Å². The van der Waals surface area contributed by atoms with Gasteiger partial charge >= 0.3 is 12.0 Å². The Labute approximate surface area is 112 Å². The molecule has 0 bridgehead atoms. The minimum absolute atomic E-state index is 0.131. The highest BCUT2D eigenvalue weighted by atomic mass is 16.4. The van der Waals surface area contributed by atoms with Gasteiger partial charge in [-0.05, 0) is 33.2 Å². The Bertz CT molecular complexity index is 377. The van der Waals surface area contributed by atoms with E-state index in [1.165, 1.54) is 18.7 Å². The van der Waals surface area contributed by atoms with Crippen LogP contribution < -0.4 is 10.6 Å². The van der Waals surface area contributed by atoms with E-state index >= 15 is 0 Å². The summed E-state index contributed by atoms with van der Waals surface area (Å²) in [5.74, 6) is -1.51. The highest BCUT2D eigenvalue weighted by Gasteiger charge is 2.35. The number of aliphatic carboxylic acids is 1. The van der Waals surface area contributed by atoms with Gasteiger partial charge in [0.05, 0.1) is 6.54 Å². The van der Waals surface area contributed by atoms with Gasteiger partial charge in [0.1, 0.15) is 5.54 Å². The fourth-order valence-electron chi connectivity index (χ4n) is 1.63. The number of imide groups is 1. The Kier molecular flexibility index (Phi) is 4.88. The summed E-state index contributed by atoms with van der Waals surface area (Å²) in [7, 11) is 0. The van der Waals surface area contributed by atoms with E-state index in [4.69, 9.17) is 5.11 Å². The number of carbonyl (C=O) groups is 3. The number of carboxylic acids is 1. The van der Waals surface area contributed by atoms with Crippen LogP contribution in [0.25, 0.3) is 0 Å². The number of carbonyl (C=O) groups excluding carboxylic acids is 2. The third-order valence-corrected chi connectivity index (χ3v) is 3.20. The van der Waals surface area contributed by atoms with Gasteiger partial charge in [0, 0.05) is 6.04 Å². The van der Waals surface area contributed by atoms with E-state index in [0.29, 0.717) is 6.54 Å². The lowest BCUT2D eigenvalue weighted by atomic mass is 10.0. The molecule has 0 aromatic carbocycles. The first kappa shape index (κ1) is 15.4. The van der Waals surface area contributed by atoms with Crippen molar-refractivity contribution < 1.29 is 19.5 Å². The van der Waals surface area contributed by atoms with Crippen LogP contribution in [0.4, 0.5) is 4.79 Å². The van der Waals surface area contributed by atoms with Gasteiger partial charge in [-0.15, -0.1) is 0 Å². The fraction of sp³-hybridized carbons (Fsp3) is 0.750. The molecule has 0 aromatic heterocycles. The highest BCUT2D eigenvalue weighted by molar-refractivity contribution is 5.95. The molecule has 3 N–H and O–H groups in total. The second-order valence-corrected chi connectivity index (χ2v) is 5.17. The maximum atomic E-state index is 11.7. The highest BCUT2D eigenvalue weighted by Crippen LogP contribution is 2.18. The van der Waals surface area contributed by atoms with Gasteiger partial charge in [0.15, 0.2) is 0 Å². The lowest BCUT2D eigenvalue weighted by Crippen LogP contribution is -2.54. The van der Waals surface area contributed by atoms with Crippen LogP contribution in [0.1, 0.15) is 33.6 Å². The molecule has 0 aromatic rings. The summed E-state index contributed by atoms with van der Waals surface area (Å²) in [5, 5.41) is 13.9. The van der Waals surface area contributed by atoms with Crippen molar-refractivity contribution in [2.45, 2.75) is 45.2 Å². The molecule has 108 valence electrons. The first-order chi connectivity index (χ1) is 8.77. The number of hydrogen-bond donors (Lipinski definition) is 3. The smallest absolute Gasteiger partial charge is 0.323 e. The summed E-state index contributed by atoms with van der Waals surface area (Å²) >= 11 is 0. The molecule has 1 saturated carbocycles. The zero-order chi connectivity index (χ0) is 14.6. The van der Waals surface area contributed by atoms with E-state index in [-0.39, 0.29) is 12.6 Å². The summed E-state index contributed by atoms with van der Waals surface area (Å²) < 4.78 is 0. The van der Waals surface area contributed by atoms with Crippen LogP contribution >= 0.6 is 0 Å². The molecule has 7 heteroatoms. The third-order valence-electron chi connectivity index (χ3n) is 3.20. The normalized spacial score (nSPS) is 15.2. The number of hydrogen-bond acceptors (Lipinski definition) is 4. The minimum Gasteiger partial charge on any atom is -0.480 e. The molecule has 0 atom stereocenters. The number of likely N-dealkylation sites (N-methyl/N-ethyl adjacent to an activating group) is 1. The molecule has 0 radical (unpaired) electrons. The van der Waals surface area contributed by atoms with Crippen LogP contribution in [0.2, 0.25) is 0 Å². The molecule has 1 fully saturated rings. The molecule has 3 amide bonds. The molecule has 0 spiro atoms. The van der Waals surface area contributed by atoms with Gasteiger partial charge < -0.3 is 10.4 Å². The largest absolute Gasteiger partial charge is 0.480 e. The Morgan fingerprint density at radius 2 is 1.89 bits per heavy atom. The van der Waals surface area contributed by atoms with E-state index < -0.39 is 23.4 Å². The van der Waals surface area contributed by atoms with Gasteiger partial charge in [-0.1, -0.05) is 6.92 Å². The van der Waals surface area contributed by atoms with Gasteiger partial charge in [-0.3, -0.25) is 19.8 Å². The maximum Gasteiger partial charge on any atom is 0.323 e. The molecule has 1 aliphatic rings. The number of urea groups is 1. The topological polar surface area (TPSA) is 98.7 Å². The molecule has 0 saturated heterocycles. The van der Waals surface area contributed by atoms with E-state index in [2.05, 4.69) is 10.6 Å². The van der Waals surface area contributed by atoms with E-state index in [1.54, 1.807) is 6.92 Å². The molecule has 1 rings (SSSR count). The van der Waals surface area contributed by atoms with Crippen molar-refractivity contribution >= 4 is 17.9 Å². The van der Waals surface area contributed by atoms with Gasteiger partial charge in [0.25, 0.3) is 0 Å². The average Bonchev–Trinajstić information content (AvgIpc) is 3.08. The lowest BCUT2D eigenvalue weighted by Gasteiger charge is -2.33. The zero-order valence-electron chi connectivity index (χ0n) is 11.5. The van der Waals surface area contributed by atoms with Crippen LogP contribution in [0.3, 0.4) is 0 Å². The first-order valence-electron chi connectivity index (χ1n) is 6.36. The third kappa shape index (κ3) is 4.51. The second kappa shape index (κ2) is 6.01. The summed E-state index contributed by atoms with van der Waals surface area (Å²) in [5.41, 5.74) is -1.15. The minimum atomic E-state index is -1.15. The molecule has 7 nitrogen and oxygen atoms in total. The van der Waals surface area contributed by atoms with Crippen LogP contribution in [-0.4, -0.2) is 52.6 Å². The fourth-order valence-corrected chi connectivity index (χ4v) is 1.63. The van der Waals surface area contributed by atoms with E-state index in [1.807, 2.05) is 0 Å². The van der Waals surface area contributed by atoms with Crippen molar-refractivity contribution in [3.8, 4) is 0 Å². The van der Waals surface area contributed by atoms with Crippen molar-refractivity contribution in [2.24, 2.45) is 0 Å². The quantitative estimate of drug-likeness (QED) is 0.639. The first-order valence-corrected chi connectivity index (χ1v) is 6.36.